The van der Waals surface area contributed by atoms with Gasteiger partial charge in [0.2, 0.25) is 15.9 Å². The highest BCUT2D eigenvalue weighted by molar-refractivity contribution is 7.89. The minimum atomic E-state index is -3.81. The van der Waals surface area contributed by atoms with Crippen molar-refractivity contribution >= 4 is 32.7 Å². The van der Waals surface area contributed by atoms with E-state index >= 15 is 0 Å². The maximum absolute atomic E-state index is 13.4. The number of nitrogens with zero attached hydrogens (tertiary/aromatic N) is 2. The summed E-state index contributed by atoms with van der Waals surface area (Å²) in [5.74, 6) is -0.471. The van der Waals surface area contributed by atoms with Crippen molar-refractivity contribution < 1.29 is 17.6 Å². The zero-order chi connectivity index (χ0) is 24.6. The first kappa shape index (κ1) is 23.2. The Labute approximate surface area is 203 Å². The van der Waals surface area contributed by atoms with Crippen LogP contribution in [0.5, 0.6) is 0 Å². The Morgan fingerprint density at radius 1 is 1.11 bits per heavy atom. The zero-order valence-corrected chi connectivity index (χ0v) is 20.0. The fourth-order valence-electron chi connectivity index (χ4n) is 4.41. The molecule has 2 N–H and O–H groups in total. The summed E-state index contributed by atoms with van der Waals surface area (Å²) >= 11 is 0. The highest BCUT2D eigenvalue weighted by Gasteiger charge is 2.33. The lowest BCUT2D eigenvalue weighted by atomic mass is 9.98. The number of fused-ring (bicyclic) bond motifs is 1. The van der Waals surface area contributed by atoms with Crippen LogP contribution < -0.4 is 5.32 Å². The Bertz CT molecular complexity index is 1500. The molecular formula is C26H25FN4O3S. The zero-order valence-electron chi connectivity index (χ0n) is 19.2. The second-order valence-electron chi connectivity index (χ2n) is 8.78. The number of anilines is 1. The molecule has 180 valence electrons. The monoisotopic (exact) mass is 492 g/mol. The molecule has 2 heterocycles. The van der Waals surface area contributed by atoms with E-state index in [1.54, 1.807) is 25.1 Å². The number of sulfonamides is 1. The van der Waals surface area contributed by atoms with E-state index in [2.05, 4.69) is 15.3 Å². The minimum absolute atomic E-state index is 0.0880. The number of imidazole rings is 1. The number of H-pyrrole nitrogens is 1. The third-order valence-corrected chi connectivity index (χ3v) is 8.20. The van der Waals surface area contributed by atoms with E-state index < -0.39 is 15.9 Å². The van der Waals surface area contributed by atoms with Crippen molar-refractivity contribution in [3.63, 3.8) is 0 Å². The Morgan fingerprint density at radius 3 is 2.69 bits per heavy atom. The summed E-state index contributed by atoms with van der Waals surface area (Å²) in [5.41, 5.74) is 3.35. The number of nitrogens with one attached hydrogen (secondary N) is 2. The highest BCUT2D eigenvalue weighted by Crippen LogP contribution is 2.28. The van der Waals surface area contributed by atoms with Gasteiger partial charge in [0.1, 0.15) is 11.6 Å². The van der Waals surface area contributed by atoms with E-state index in [1.807, 2.05) is 30.3 Å². The molecule has 1 aromatic heterocycles. The second kappa shape index (κ2) is 9.24. The molecule has 3 aromatic carbocycles. The van der Waals surface area contributed by atoms with Gasteiger partial charge in [-0.05, 0) is 61.7 Å². The Hall–Kier alpha value is -3.56. The van der Waals surface area contributed by atoms with E-state index in [9.17, 15) is 17.6 Å². The summed E-state index contributed by atoms with van der Waals surface area (Å²) < 4.78 is 41.6. The molecular weight excluding hydrogens is 467 g/mol. The largest absolute Gasteiger partial charge is 0.338 e. The molecule has 0 aliphatic carbocycles. The third-order valence-electron chi connectivity index (χ3n) is 6.34. The maximum atomic E-state index is 13.4. The molecule has 1 aliphatic rings. The molecule has 0 saturated carbocycles. The SMILES string of the molecule is Cc1cc(F)ccc1NC(=O)C1CCCN(S(=O)(=O)c2ccc3nc(-c4ccccc4)[nH]c3c2)C1. The lowest BCUT2D eigenvalue weighted by molar-refractivity contribution is -0.120. The summed E-state index contributed by atoms with van der Waals surface area (Å²) in [5, 5.41) is 2.82. The number of piperidine rings is 1. The predicted octanol–water partition coefficient (Wildman–Crippen LogP) is 4.72. The Morgan fingerprint density at radius 2 is 1.91 bits per heavy atom. The molecule has 1 saturated heterocycles. The topological polar surface area (TPSA) is 95.2 Å². The highest BCUT2D eigenvalue weighted by atomic mass is 32.2. The molecule has 5 rings (SSSR count). The lowest BCUT2D eigenvalue weighted by Gasteiger charge is -2.31. The van der Waals surface area contributed by atoms with E-state index in [0.29, 0.717) is 47.5 Å². The molecule has 1 atom stereocenters. The molecule has 0 spiro atoms. The van der Waals surface area contributed by atoms with Gasteiger partial charge in [-0.25, -0.2) is 17.8 Å². The van der Waals surface area contributed by atoms with Gasteiger partial charge in [-0.1, -0.05) is 30.3 Å². The number of hydrogen-bond donors (Lipinski definition) is 2. The van der Waals surface area contributed by atoms with Gasteiger partial charge < -0.3 is 10.3 Å². The van der Waals surface area contributed by atoms with Crippen molar-refractivity contribution in [2.45, 2.75) is 24.7 Å². The average molecular weight is 493 g/mol. The number of carbonyl (C=O) groups excluding carboxylic acids is 1. The number of aromatic amines is 1. The molecule has 35 heavy (non-hydrogen) atoms. The number of aromatic nitrogens is 2. The first-order chi connectivity index (χ1) is 16.8. The van der Waals surface area contributed by atoms with Gasteiger partial charge in [-0.2, -0.15) is 4.31 Å². The summed E-state index contributed by atoms with van der Waals surface area (Å²) in [6, 6.07) is 18.6. The van der Waals surface area contributed by atoms with Crippen LogP contribution in [0.4, 0.5) is 10.1 Å². The van der Waals surface area contributed by atoms with Crippen LogP contribution in [0.25, 0.3) is 22.4 Å². The van der Waals surface area contributed by atoms with Crippen LogP contribution in [0.1, 0.15) is 18.4 Å². The molecule has 0 radical (unpaired) electrons. The van der Waals surface area contributed by atoms with E-state index in [1.165, 1.54) is 22.5 Å². The van der Waals surface area contributed by atoms with Crippen molar-refractivity contribution in [2.24, 2.45) is 5.92 Å². The van der Waals surface area contributed by atoms with Gasteiger partial charge in [0.05, 0.1) is 21.8 Å². The summed E-state index contributed by atoms with van der Waals surface area (Å²) in [4.78, 5) is 20.8. The minimum Gasteiger partial charge on any atom is -0.338 e. The van der Waals surface area contributed by atoms with Crippen molar-refractivity contribution in [1.82, 2.24) is 14.3 Å². The van der Waals surface area contributed by atoms with Gasteiger partial charge in [0.15, 0.2) is 0 Å². The molecule has 1 aliphatic heterocycles. The van der Waals surface area contributed by atoms with Gasteiger partial charge in [-0.3, -0.25) is 4.79 Å². The number of benzene rings is 3. The maximum Gasteiger partial charge on any atom is 0.243 e. The lowest BCUT2D eigenvalue weighted by Crippen LogP contribution is -2.43. The van der Waals surface area contributed by atoms with Crippen molar-refractivity contribution in [2.75, 3.05) is 18.4 Å². The second-order valence-corrected chi connectivity index (χ2v) is 10.7. The normalized spacial score (nSPS) is 16.9. The first-order valence-corrected chi connectivity index (χ1v) is 12.9. The standard InChI is InChI=1S/C26H25FN4O3S/c1-17-14-20(27)9-11-22(17)30-26(32)19-8-5-13-31(16-19)35(33,34)21-10-12-23-24(15-21)29-25(28-23)18-6-3-2-4-7-18/h2-4,6-7,9-12,14-15,19H,5,8,13,16H2,1H3,(H,28,29)(H,30,32). The van der Waals surface area contributed by atoms with Crippen LogP contribution in [-0.2, 0) is 14.8 Å². The summed E-state index contributed by atoms with van der Waals surface area (Å²) in [6.45, 7) is 2.15. The van der Waals surface area contributed by atoms with E-state index in [-0.39, 0.29) is 23.2 Å². The van der Waals surface area contributed by atoms with Gasteiger partial charge >= 0.3 is 0 Å². The van der Waals surface area contributed by atoms with Crippen LogP contribution in [0.3, 0.4) is 0 Å². The van der Waals surface area contributed by atoms with Crippen molar-refractivity contribution in [3.8, 4) is 11.4 Å². The van der Waals surface area contributed by atoms with Crippen LogP contribution in [0.2, 0.25) is 0 Å². The summed E-state index contributed by atoms with van der Waals surface area (Å²) in [6.07, 6.45) is 1.16. The number of carbonyl (C=O) groups is 1. The average Bonchev–Trinajstić information content (AvgIpc) is 3.30. The van der Waals surface area contributed by atoms with E-state index in [0.717, 1.165) is 5.56 Å². The molecule has 4 aromatic rings. The van der Waals surface area contributed by atoms with Crippen molar-refractivity contribution in [3.05, 3.63) is 78.1 Å². The van der Waals surface area contributed by atoms with Crippen LogP contribution in [-0.4, -0.2) is 41.7 Å². The smallest absolute Gasteiger partial charge is 0.243 e. The van der Waals surface area contributed by atoms with Crippen LogP contribution in [0.15, 0.2) is 71.6 Å². The molecule has 9 heteroatoms. The number of rotatable bonds is 5. The quantitative estimate of drug-likeness (QED) is 0.422. The molecule has 1 fully saturated rings. The number of hydrogen-bond acceptors (Lipinski definition) is 4. The molecule has 1 amide bonds. The van der Waals surface area contributed by atoms with Gasteiger partial charge in [-0.15, -0.1) is 0 Å². The van der Waals surface area contributed by atoms with Crippen LogP contribution in [0, 0.1) is 18.7 Å². The number of amides is 1. The first-order valence-electron chi connectivity index (χ1n) is 11.4. The van der Waals surface area contributed by atoms with Crippen molar-refractivity contribution in [1.29, 1.82) is 0 Å². The summed E-state index contributed by atoms with van der Waals surface area (Å²) in [7, 11) is -3.81. The predicted molar refractivity (Wildman–Crippen MR) is 133 cm³/mol. The molecule has 0 bridgehead atoms. The van der Waals surface area contributed by atoms with Gasteiger partial charge in [0.25, 0.3) is 0 Å². The fourth-order valence-corrected chi connectivity index (χ4v) is 5.96. The van der Waals surface area contributed by atoms with Gasteiger partial charge in [0, 0.05) is 24.3 Å². The number of halogens is 1. The van der Waals surface area contributed by atoms with Crippen LogP contribution >= 0.6 is 0 Å². The fraction of sp³-hybridized carbons (Fsp3) is 0.231. The Kier molecular flexibility index (Phi) is 6.12. The Balaban J connectivity index is 1.35. The van der Waals surface area contributed by atoms with E-state index in [4.69, 9.17) is 0 Å². The number of aryl methyl sites for hydroxylation is 1. The molecule has 7 nitrogen and oxygen atoms in total. The molecule has 1 unspecified atom stereocenters. The third kappa shape index (κ3) is 4.69.